The molecule has 1 aliphatic rings. The zero-order chi connectivity index (χ0) is 22.6. The van der Waals surface area contributed by atoms with Crippen LogP contribution in [0.15, 0.2) is 0 Å². The first kappa shape index (κ1) is 25.6. The maximum Gasteiger partial charge on any atom is 0.413 e. The summed E-state index contributed by atoms with van der Waals surface area (Å²) in [4.78, 5) is 26.2. The predicted molar refractivity (Wildman–Crippen MR) is 107 cm³/mol. The van der Waals surface area contributed by atoms with Crippen LogP contribution in [-0.4, -0.2) is 77.1 Å². The lowest BCUT2D eigenvalue weighted by Gasteiger charge is -2.40. The molecule has 9 nitrogen and oxygen atoms in total. The third kappa shape index (κ3) is 6.80. The largest absolute Gasteiger partial charge is 0.444 e. The fourth-order valence-corrected chi connectivity index (χ4v) is 3.58. The van der Waals surface area contributed by atoms with Gasteiger partial charge in [0.2, 0.25) is 5.91 Å². The van der Waals surface area contributed by atoms with Crippen LogP contribution in [0.3, 0.4) is 0 Å². The summed E-state index contributed by atoms with van der Waals surface area (Å²) >= 11 is 0. The molecule has 1 heterocycles. The minimum atomic E-state index is -1.23. The van der Waals surface area contributed by atoms with E-state index in [1.807, 2.05) is 0 Å². The van der Waals surface area contributed by atoms with Crippen molar-refractivity contribution < 1.29 is 33.6 Å². The van der Waals surface area contributed by atoms with E-state index in [2.05, 4.69) is 5.32 Å². The van der Waals surface area contributed by atoms with E-state index in [1.54, 1.807) is 55.4 Å². The SMILES string of the molecule is CCOC(OCC)C(NC(C)=O)[C@@H](O)[C@@H]1[C@@H](C)OC(C)(C)N1C(=O)OC(C)(C)C. The summed E-state index contributed by atoms with van der Waals surface area (Å²) in [6.07, 6.45) is -3.25. The smallest absolute Gasteiger partial charge is 0.413 e. The Morgan fingerprint density at radius 1 is 1.21 bits per heavy atom. The fraction of sp³-hybridized carbons (Fsp3) is 0.900. The van der Waals surface area contributed by atoms with Crippen molar-refractivity contribution in [3.8, 4) is 0 Å². The van der Waals surface area contributed by atoms with Gasteiger partial charge in [-0.15, -0.1) is 0 Å². The number of aliphatic hydroxyl groups excluding tert-OH is 1. The first-order chi connectivity index (χ1) is 13.2. The highest BCUT2D eigenvalue weighted by atomic mass is 16.7. The molecule has 0 aliphatic carbocycles. The Morgan fingerprint density at radius 3 is 2.14 bits per heavy atom. The summed E-state index contributed by atoms with van der Waals surface area (Å²) < 4.78 is 22.7. The Kier molecular flexibility index (Phi) is 8.89. The Bertz CT molecular complexity index is 556. The average molecular weight is 419 g/mol. The maximum atomic E-state index is 13.0. The van der Waals surface area contributed by atoms with Crippen molar-refractivity contribution in [1.82, 2.24) is 10.2 Å². The number of ether oxygens (including phenoxy) is 4. The lowest BCUT2D eigenvalue weighted by Crippen LogP contribution is -2.62. The molecule has 170 valence electrons. The van der Waals surface area contributed by atoms with Gasteiger partial charge >= 0.3 is 6.09 Å². The molecule has 1 saturated heterocycles. The summed E-state index contributed by atoms with van der Waals surface area (Å²) in [5.74, 6) is -0.354. The lowest BCUT2D eigenvalue weighted by molar-refractivity contribution is -0.178. The molecule has 0 aromatic heterocycles. The van der Waals surface area contributed by atoms with Gasteiger partial charge in [0.25, 0.3) is 0 Å². The molecule has 1 aliphatic heterocycles. The number of hydrogen-bond donors (Lipinski definition) is 2. The average Bonchev–Trinajstić information content (AvgIpc) is 2.78. The van der Waals surface area contributed by atoms with Crippen LogP contribution in [0, 0.1) is 0 Å². The highest BCUT2D eigenvalue weighted by Crippen LogP contribution is 2.36. The van der Waals surface area contributed by atoms with Gasteiger partial charge < -0.3 is 29.4 Å². The molecule has 1 fully saturated rings. The van der Waals surface area contributed by atoms with Crippen LogP contribution >= 0.6 is 0 Å². The van der Waals surface area contributed by atoms with Crippen molar-refractivity contribution in [3.63, 3.8) is 0 Å². The van der Waals surface area contributed by atoms with Crippen molar-refractivity contribution in [2.75, 3.05) is 13.2 Å². The van der Waals surface area contributed by atoms with Crippen molar-refractivity contribution in [1.29, 1.82) is 0 Å². The number of nitrogens with one attached hydrogen (secondary N) is 1. The second-order valence-corrected chi connectivity index (χ2v) is 8.61. The number of aliphatic hydroxyl groups is 1. The van der Waals surface area contributed by atoms with Crippen molar-refractivity contribution in [2.45, 2.75) is 104 Å². The van der Waals surface area contributed by atoms with Gasteiger partial charge in [-0.05, 0) is 55.4 Å². The number of carbonyl (C=O) groups is 2. The van der Waals surface area contributed by atoms with Gasteiger partial charge in [-0.2, -0.15) is 0 Å². The van der Waals surface area contributed by atoms with Gasteiger partial charge in [-0.1, -0.05) is 0 Å². The second-order valence-electron chi connectivity index (χ2n) is 8.61. The van der Waals surface area contributed by atoms with Crippen LogP contribution in [0.25, 0.3) is 0 Å². The van der Waals surface area contributed by atoms with E-state index >= 15 is 0 Å². The Hall–Kier alpha value is -1.42. The Balaban J connectivity index is 3.29. The van der Waals surface area contributed by atoms with E-state index in [4.69, 9.17) is 18.9 Å². The van der Waals surface area contributed by atoms with E-state index in [9.17, 15) is 14.7 Å². The van der Waals surface area contributed by atoms with E-state index in [0.717, 1.165) is 0 Å². The molecule has 2 N–H and O–H groups in total. The highest BCUT2D eigenvalue weighted by Gasteiger charge is 2.54. The standard InChI is InChI=1S/C20H38N2O7/c1-10-26-17(27-11-2)14(21-13(4)23)16(24)15-12(3)28-20(8,9)22(15)18(25)29-19(5,6)7/h12,14-17,24H,10-11H2,1-9H3,(H,21,23)/t12-,14?,15+,16-/m1/s1. The van der Waals surface area contributed by atoms with Crippen molar-refractivity contribution in [2.24, 2.45) is 0 Å². The first-order valence-corrected chi connectivity index (χ1v) is 10.1. The number of nitrogens with zero attached hydrogens (tertiary/aromatic N) is 1. The molecule has 0 bridgehead atoms. The normalized spacial score (nSPS) is 23.8. The second kappa shape index (κ2) is 10.1. The van der Waals surface area contributed by atoms with Crippen molar-refractivity contribution >= 4 is 12.0 Å². The quantitative estimate of drug-likeness (QED) is 0.581. The first-order valence-electron chi connectivity index (χ1n) is 10.1. The third-order valence-corrected chi connectivity index (χ3v) is 4.47. The summed E-state index contributed by atoms with van der Waals surface area (Å²) in [6.45, 7) is 16.1. The van der Waals surface area contributed by atoms with Gasteiger partial charge in [-0.25, -0.2) is 4.79 Å². The Labute approximate surface area is 174 Å². The minimum absolute atomic E-state index is 0.325. The molecule has 0 radical (unpaired) electrons. The van der Waals surface area contributed by atoms with Crippen LogP contribution < -0.4 is 5.32 Å². The van der Waals surface area contributed by atoms with E-state index < -0.39 is 48.0 Å². The zero-order valence-electron chi connectivity index (χ0n) is 19.1. The van der Waals surface area contributed by atoms with E-state index in [0.29, 0.717) is 13.2 Å². The van der Waals surface area contributed by atoms with Crippen molar-refractivity contribution in [3.05, 3.63) is 0 Å². The molecule has 4 atom stereocenters. The molecule has 0 saturated carbocycles. The summed E-state index contributed by atoms with van der Waals surface area (Å²) in [5, 5.41) is 14.0. The lowest BCUT2D eigenvalue weighted by atomic mass is 9.97. The molecule has 0 aromatic rings. The summed E-state index contributed by atoms with van der Waals surface area (Å²) in [5.41, 5.74) is -1.73. The predicted octanol–water partition coefficient (Wildman–Crippen LogP) is 2.01. The summed E-state index contributed by atoms with van der Waals surface area (Å²) in [6, 6.07) is -1.71. The Morgan fingerprint density at radius 2 is 1.72 bits per heavy atom. The minimum Gasteiger partial charge on any atom is -0.444 e. The van der Waals surface area contributed by atoms with Crippen LogP contribution in [0.1, 0.15) is 62.3 Å². The van der Waals surface area contributed by atoms with Gasteiger partial charge in [0.1, 0.15) is 23.5 Å². The van der Waals surface area contributed by atoms with Crippen LogP contribution in [0.4, 0.5) is 4.79 Å². The van der Waals surface area contributed by atoms with E-state index in [1.165, 1.54) is 11.8 Å². The number of rotatable bonds is 8. The zero-order valence-corrected chi connectivity index (χ0v) is 19.1. The number of amides is 2. The number of carbonyl (C=O) groups excluding carboxylic acids is 2. The molecule has 29 heavy (non-hydrogen) atoms. The summed E-state index contributed by atoms with van der Waals surface area (Å²) in [7, 11) is 0. The molecule has 1 rings (SSSR count). The molecule has 0 aromatic carbocycles. The van der Waals surface area contributed by atoms with Crippen LogP contribution in [0.2, 0.25) is 0 Å². The molecular weight excluding hydrogens is 380 g/mol. The monoisotopic (exact) mass is 418 g/mol. The molecule has 1 unspecified atom stereocenters. The fourth-order valence-electron chi connectivity index (χ4n) is 3.58. The van der Waals surface area contributed by atoms with E-state index in [-0.39, 0.29) is 5.91 Å². The number of hydrogen-bond acceptors (Lipinski definition) is 7. The van der Waals surface area contributed by atoms with Crippen LogP contribution in [-0.2, 0) is 23.7 Å². The van der Waals surface area contributed by atoms with Gasteiger partial charge in [0.15, 0.2) is 6.29 Å². The van der Waals surface area contributed by atoms with Gasteiger partial charge in [-0.3, -0.25) is 9.69 Å². The highest BCUT2D eigenvalue weighted by molar-refractivity contribution is 5.73. The van der Waals surface area contributed by atoms with Gasteiger partial charge in [0.05, 0.1) is 12.1 Å². The molecule has 0 spiro atoms. The third-order valence-electron chi connectivity index (χ3n) is 4.47. The topological polar surface area (TPSA) is 107 Å². The molecule has 2 amide bonds. The van der Waals surface area contributed by atoms with Gasteiger partial charge in [0, 0.05) is 20.1 Å². The molecular formula is C20H38N2O7. The maximum absolute atomic E-state index is 13.0. The molecule has 9 heteroatoms. The van der Waals surface area contributed by atoms with Crippen LogP contribution in [0.5, 0.6) is 0 Å².